The number of hydrogen-bond donors (Lipinski definition) is 0. The van der Waals surface area contributed by atoms with Crippen molar-refractivity contribution in [1.82, 2.24) is 0 Å². The van der Waals surface area contributed by atoms with Gasteiger partial charge in [-0.1, -0.05) is 26.8 Å². The van der Waals surface area contributed by atoms with Gasteiger partial charge in [0.05, 0.1) is 0 Å². The average molecular weight is 174 g/mol. The maximum Gasteiger partial charge on any atom is -0.0177 e. The Morgan fingerprint density at radius 2 is 1.73 bits per heavy atom. The van der Waals surface area contributed by atoms with Gasteiger partial charge in [0.25, 0.3) is 0 Å². The second-order valence-corrected chi connectivity index (χ2v) is 8.15. The second-order valence-electron chi connectivity index (χ2n) is 4.01. The first-order valence-corrected chi connectivity index (χ1v) is 7.13. The molecular formula is C10H22S. The summed E-state index contributed by atoms with van der Waals surface area (Å²) in [5.41, 5.74) is 0. The molecule has 0 atom stereocenters. The van der Waals surface area contributed by atoms with Gasteiger partial charge in [0, 0.05) is 0 Å². The van der Waals surface area contributed by atoms with Crippen molar-refractivity contribution < 1.29 is 0 Å². The Kier molecular flexibility index (Phi) is 4.23. The lowest BCUT2D eigenvalue weighted by Gasteiger charge is -2.32. The highest BCUT2D eigenvalue weighted by Gasteiger charge is 2.13. The predicted octanol–water partition coefficient (Wildman–Crippen LogP) is 3.63. The van der Waals surface area contributed by atoms with Crippen LogP contribution in [-0.4, -0.2) is 18.8 Å². The minimum atomic E-state index is -0.465. The molecule has 0 fully saturated rings. The molecule has 0 N–H and O–H groups in total. The maximum atomic E-state index is 2.40. The van der Waals surface area contributed by atoms with Crippen LogP contribution in [0.1, 0.15) is 27.2 Å². The maximum absolute atomic E-state index is 2.40. The Morgan fingerprint density at radius 3 is 1.82 bits per heavy atom. The van der Waals surface area contributed by atoms with Crippen molar-refractivity contribution in [2.24, 2.45) is 5.92 Å². The van der Waals surface area contributed by atoms with Gasteiger partial charge in [-0.25, -0.2) is 10.0 Å². The fourth-order valence-electron chi connectivity index (χ4n) is 1.39. The first kappa shape index (κ1) is 11.1. The molecule has 0 aliphatic heterocycles. The Balaban J connectivity index is 4.49. The van der Waals surface area contributed by atoms with Crippen LogP contribution in [0.25, 0.3) is 0 Å². The highest BCUT2D eigenvalue weighted by molar-refractivity contribution is 8.35. The topological polar surface area (TPSA) is 0 Å². The summed E-state index contributed by atoms with van der Waals surface area (Å²) in [6.07, 6.45) is 10.7. The fraction of sp³-hybridized carbons (Fsp3) is 0.800. The van der Waals surface area contributed by atoms with E-state index in [-0.39, 0.29) is 0 Å². The number of hydrogen-bond acceptors (Lipinski definition) is 0. The molecule has 0 aromatic heterocycles. The van der Waals surface area contributed by atoms with Crippen LogP contribution in [0.4, 0.5) is 0 Å². The third kappa shape index (κ3) is 3.85. The Bertz CT molecular complexity index is 137. The van der Waals surface area contributed by atoms with Crippen LogP contribution < -0.4 is 0 Å². The van der Waals surface area contributed by atoms with Gasteiger partial charge in [-0.2, -0.15) is 0 Å². The molecule has 0 rings (SSSR count). The summed E-state index contributed by atoms with van der Waals surface area (Å²) in [6.45, 7) is 6.80. The van der Waals surface area contributed by atoms with Crippen LogP contribution in [-0.2, 0) is 0 Å². The third-order valence-corrected chi connectivity index (χ3v) is 3.73. The standard InChI is InChI=1S/C10H22S/c1-7-8-10(9(2)3)11(4,5)6/h8-9H,7H2,1-6H3/b10-8-. The van der Waals surface area contributed by atoms with Crippen LogP contribution in [0, 0.1) is 5.92 Å². The summed E-state index contributed by atoms with van der Waals surface area (Å²) in [4.78, 5) is 1.67. The molecule has 0 aromatic rings. The van der Waals surface area contributed by atoms with Gasteiger partial charge in [0.1, 0.15) is 0 Å². The normalized spacial score (nSPS) is 15.7. The van der Waals surface area contributed by atoms with E-state index >= 15 is 0 Å². The molecule has 0 aromatic carbocycles. The third-order valence-electron chi connectivity index (χ3n) is 1.68. The molecule has 0 saturated carbocycles. The van der Waals surface area contributed by atoms with Crippen molar-refractivity contribution in [3.05, 3.63) is 11.0 Å². The molecule has 0 unspecified atom stereocenters. The summed E-state index contributed by atoms with van der Waals surface area (Å²) < 4.78 is 0. The monoisotopic (exact) mass is 174 g/mol. The van der Waals surface area contributed by atoms with Crippen molar-refractivity contribution in [3.63, 3.8) is 0 Å². The smallest absolute Gasteiger partial charge is 0.0177 e. The van der Waals surface area contributed by atoms with Gasteiger partial charge in [0.2, 0.25) is 0 Å². The number of allylic oxidation sites excluding steroid dienone is 2. The summed E-state index contributed by atoms with van der Waals surface area (Å²) >= 11 is 0. The zero-order valence-corrected chi connectivity index (χ0v) is 9.59. The summed E-state index contributed by atoms with van der Waals surface area (Å²) in [5.74, 6) is 0.727. The highest BCUT2D eigenvalue weighted by atomic mass is 32.3. The molecule has 0 radical (unpaired) electrons. The molecule has 0 aliphatic carbocycles. The molecule has 68 valence electrons. The van der Waals surface area contributed by atoms with Crippen molar-refractivity contribution >= 4 is 10.0 Å². The Morgan fingerprint density at radius 1 is 1.27 bits per heavy atom. The lowest BCUT2D eigenvalue weighted by molar-refractivity contribution is 0.808. The van der Waals surface area contributed by atoms with E-state index in [1.54, 1.807) is 4.91 Å². The molecule has 0 aliphatic rings. The molecule has 0 heterocycles. The summed E-state index contributed by atoms with van der Waals surface area (Å²) in [7, 11) is -0.465. The van der Waals surface area contributed by atoms with E-state index in [4.69, 9.17) is 0 Å². The van der Waals surface area contributed by atoms with E-state index in [0.29, 0.717) is 0 Å². The van der Waals surface area contributed by atoms with Gasteiger partial charge in [0.15, 0.2) is 0 Å². The molecule has 1 heteroatoms. The first-order valence-electron chi connectivity index (χ1n) is 4.28. The Hall–Kier alpha value is 0.0900. The van der Waals surface area contributed by atoms with Crippen LogP contribution in [0.15, 0.2) is 11.0 Å². The van der Waals surface area contributed by atoms with Gasteiger partial charge < -0.3 is 0 Å². The van der Waals surface area contributed by atoms with E-state index in [9.17, 15) is 0 Å². The molecule has 0 saturated heterocycles. The molecule has 11 heavy (non-hydrogen) atoms. The first-order chi connectivity index (χ1) is 4.89. The summed E-state index contributed by atoms with van der Waals surface area (Å²) in [6, 6.07) is 0. The van der Waals surface area contributed by atoms with E-state index < -0.39 is 10.0 Å². The molecule has 0 bridgehead atoms. The molecule has 0 nitrogen and oxygen atoms in total. The van der Waals surface area contributed by atoms with E-state index in [1.165, 1.54) is 6.42 Å². The van der Waals surface area contributed by atoms with Crippen LogP contribution in [0.3, 0.4) is 0 Å². The van der Waals surface area contributed by atoms with Crippen LogP contribution in [0.2, 0.25) is 0 Å². The number of rotatable bonds is 3. The quantitative estimate of drug-likeness (QED) is 0.613. The van der Waals surface area contributed by atoms with Crippen molar-refractivity contribution in [2.75, 3.05) is 18.8 Å². The molecular weight excluding hydrogens is 152 g/mol. The minimum absolute atomic E-state index is 0.465. The average Bonchev–Trinajstić information content (AvgIpc) is 1.79. The Labute approximate surface area is 73.4 Å². The largest absolute Gasteiger partial charge is 0.227 e. The second kappa shape index (κ2) is 4.20. The zero-order valence-electron chi connectivity index (χ0n) is 8.77. The highest BCUT2D eigenvalue weighted by Crippen LogP contribution is 2.48. The SMILES string of the molecule is CC/C=C(/C(C)C)S(C)(C)C. The fourth-order valence-corrected chi connectivity index (χ4v) is 3.47. The van der Waals surface area contributed by atoms with E-state index in [1.807, 2.05) is 0 Å². The molecule has 0 spiro atoms. The van der Waals surface area contributed by atoms with Crippen LogP contribution >= 0.6 is 10.0 Å². The van der Waals surface area contributed by atoms with E-state index in [2.05, 4.69) is 45.6 Å². The van der Waals surface area contributed by atoms with Gasteiger partial charge >= 0.3 is 0 Å². The van der Waals surface area contributed by atoms with Gasteiger partial charge in [-0.3, -0.25) is 0 Å². The zero-order chi connectivity index (χ0) is 9.07. The van der Waals surface area contributed by atoms with Crippen molar-refractivity contribution in [1.29, 1.82) is 0 Å². The van der Waals surface area contributed by atoms with Crippen molar-refractivity contribution in [2.45, 2.75) is 27.2 Å². The lowest BCUT2D eigenvalue weighted by atomic mass is 10.2. The van der Waals surface area contributed by atoms with E-state index in [0.717, 1.165) is 5.92 Å². The predicted molar refractivity (Wildman–Crippen MR) is 58.6 cm³/mol. The van der Waals surface area contributed by atoms with Crippen molar-refractivity contribution in [3.8, 4) is 0 Å². The molecule has 0 amide bonds. The van der Waals surface area contributed by atoms with Crippen LogP contribution in [0.5, 0.6) is 0 Å². The van der Waals surface area contributed by atoms with Gasteiger partial charge in [-0.15, -0.1) is 0 Å². The minimum Gasteiger partial charge on any atom is -0.227 e. The summed E-state index contributed by atoms with van der Waals surface area (Å²) in [5, 5.41) is 0. The van der Waals surface area contributed by atoms with Gasteiger partial charge in [-0.05, 0) is 36.0 Å². The lowest BCUT2D eigenvalue weighted by Crippen LogP contribution is -2.03.